The minimum Gasteiger partial charge on any atom is -0.493 e. The quantitative estimate of drug-likeness (QED) is 0.270. The molecule has 0 aromatic heterocycles. The van der Waals surface area contributed by atoms with Crippen LogP contribution in [0.5, 0.6) is 11.5 Å². The van der Waals surface area contributed by atoms with Crippen LogP contribution in [-0.2, 0) is 25.5 Å². The first kappa shape index (κ1) is 25.7. The summed E-state index contributed by atoms with van der Waals surface area (Å²) in [6.07, 6.45) is 3.92. The lowest BCUT2D eigenvalue weighted by Gasteiger charge is -2.13. The van der Waals surface area contributed by atoms with Crippen LogP contribution in [0, 0.1) is 0 Å². The molecule has 0 unspecified atom stereocenters. The number of hydrogen-bond acceptors (Lipinski definition) is 7. The molecule has 10 heteroatoms. The molecule has 1 fully saturated rings. The number of carbonyl (C=O) groups is 3. The monoisotopic (exact) mass is 482 g/mol. The van der Waals surface area contributed by atoms with E-state index in [9.17, 15) is 14.4 Å². The normalized spacial score (nSPS) is 15.0. The molecule has 3 rings (SSSR count). The molecule has 0 radical (unpaired) electrons. The Balaban J connectivity index is 1.48. The number of amides is 3. The van der Waals surface area contributed by atoms with Gasteiger partial charge in [0.2, 0.25) is 0 Å². The van der Waals surface area contributed by atoms with E-state index in [4.69, 9.17) is 14.2 Å². The van der Waals surface area contributed by atoms with Crippen LogP contribution in [0.2, 0.25) is 0 Å². The Labute approximate surface area is 204 Å². The molecular formula is C25H30N4O6. The van der Waals surface area contributed by atoms with Gasteiger partial charge in [-0.3, -0.25) is 14.4 Å². The van der Waals surface area contributed by atoms with E-state index < -0.39 is 11.8 Å². The predicted octanol–water partition coefficient (Wildman–Crippen LogP) is 2.02. The minimum absolute atomic E-state index is 0.0540. The molecule has 2 aromatic carbocycles. The highest BCUT2D eigenvalue weighted by Gasteiger charge is 2.19. The summed E-state index contributed by atoms with van der Waals surface area (Å²) >= 11 is 0. The molecule has 35 heavy (non-hydrogen) atoms. The molecule has 186 valence electrons. The first-order valence-electron chi connectivity index (χ1n) is 11.4. The summed E-state index contributed by atoms with van der Waals surface area (Å²) in [7, 11) is 1.47. The van der Waals surface area contributed by atoms with Crippen LogP contribution in [0.15, 0.2) is 47.6 Å². The fraction of sp³-hybridized carbons (Fsp3) is 0.360. The molecule has 0 bridgehead atoms. The average Bonchev–Trinajstić information content (AvgIpc) is 3.40. The second kappa shape index (κ2) is 13.1. The van der Waals surface area contributed by atoms with Crippen molar-refractivity contribution < 1.29 is 28.6 Å². The van der Waals surface area contributed by atoms with Gasteiger partial charge in [-0.05, 0) is 54.7 Å². The Morgan fingerprint density at radius 3 is 2.71 bits per heavy atom. The summed E-state index contributed by atoms with van der Waals surface area (Å²) in [6, 6.07) is 12.5. The summed E-state index contributed by atoms with van der Waals surface area (Å²) in [5, 5.41) is 9.18. The van der Waals surface area contributed by atoms with Crippen molar-refractivity contribution in [3.05, 3.63) is 53.6 Å². The standard InChI is InChI=1S/C25H30N4O6/c1-3-18-7-4-5-9-20(18)28-23(30)16-35-21-11-10-17(13-22(21)33-2)14-27-29-25(32)24(31)26-15-19-8-6-12-34-19/h4-5,7,9-11,13-14,19H,3,6,8,12,15-16H2,1-2H3,(H,26,31)(H,28,30)(H,29,32)/b27-14-/t19-/m1/s1. The SMILES string of the molecule is CCc1ccccc1NC(=O)COc1ccc(/C=N\NC(=O)C(=O)NC[C@H]2CCCO2)cc1OC. The molecule has 0 saturated carbocycles. The molecule has 1 saturated heterocycles. The fourth-order valence-corrected chi connectivity index (χ4v) is 3.47. The van der Waals surface area contributed by atoms with Crippen LogP contribution in [0.4, 0.5) is 5.69 Å². The Hall–Kier alpha value is -3.92. The lowest BCUT2D eigenvalue weighted by atomic mass is 10.1. The van der Waals surface area contributed by atoms with E-state index in [1.54, 1.807) is 18.2 Å². The number of hydrogen-bond donors (Lipinski definition) is 3. The van der Waals surface area contributed by atoms with Gasteiger partial charge in [0.05, 0.1) is 19.4 Å². The number of nitrogens with one attached hydrogen (secondary N) is 3. The van der Waals surface area contributed by atoms with Gasteiger partial charge in [0.15, 0.2) is 18.1 Å². The molecule has 1 aliphatic heterocycles. The van der Waals surface area contributed by atoms with Gasteiger partial charge in [0.25, 0.3) is 5.91 Å². The van der Waals surface area contributed by atoms with E-state index in [1.807, 2.05) is 31.2 Å². The van der Waals surface area contributed by atoms with Crippen LogP contribution in [0.3, 0.4) is 0 Å². The van der Waals surface area contributed by atoms with Crippen LogP contribution >= 0.6 is 0 Å². The summed E-state index contributed by atoms with van der Waals surface area (Å²) in [4.78, 5) is 36.0. The maximum Gasteiger partial charge on any atom is 0.329 e. The van der Waals surface area contributed by atoms with Crippen molar-refractivity contribution in [2.45, 2.75) is 32.3 Å². The molecule has 0 aliphatic carbocycles. The Bertz CT molecular complexity index is 1070. The van der Waals surface area contributed by atoms with Crippen LogP contribution in [-0.4, -0.2) is 56.9 Å². The van der Waals surface area contributed by atoms with E-state index in [-0.39, 0.29) is 25.2 Å². The second-order valence-corrected chi connectivity index (χ2v) is 7.80. The second-order valence-electron chi connectivity index (χ2n) is 7.80. The van der Waals surface area contributed by atoms with Gasteiger partial charge in [0.1, 0.15) is 0 Å². The molecule has 10 nitrogen and oxygen atoms in total. The molecular weight excluding hydrogens is 452 g/mol. The zero-order valence-corrected chi connectivity index (χ0v) is 19.8. The third kappa shape index (κ3) is 7.82. The number of carbonyl (C=O) groups excluding carboxylic acids is 3. The molecule has 0 spiro atoms. The van der Waals surface area contributed by atoms with Gasteiger partial charge < -0.3 is 24.8 Å². The number of hydrazone groups is 1. The van der Waals surface area contributed by atoms with Crippen molar-refractivity contribution in [2.75, 3.05) is 32.2 Å². The van der Waals surface area contributed by atoms with Crippen molar-refractivity contribution in [1.82, 2.24) is 10.7 Å². The molecule has 3 N–H and O–H groups in total. The zero-order chi connectivity index (χ0) is 25.0. The Kier molecular flexibility index (Phi) is 9.61. The van der Waals surface area contributed by atoms with Crippen molar-refractivity contribution in [1.29, 1.82) is 0 Å². The largest absolute Gasteiger partial charge is 0.493 e. The lowest BCUT2D eigenvalue weighted by molar-refractivity contribution is -0.139. The van der Waals surface area contributed by atoms with Crippen molar-refractivity contribution in [3.63, 3.8) is 0 Å². The highest BCUT2D eigenvalue weighted by Crippen LogP contribution is 2.27. The van der Waals surface area contributed by atoms with Gasteiger partial charge >= 0.3 is 11.8 Å². The highest BCUT2D eigenvalue weighted by molar-refractivity contribution is 6.35. The number of para-hydroxylation sites is 1. The van der Waals surface area contributed by atoms with Gasteiger partial charge in [-0.1, -0.05) is 25.1 Å². The van der Waals surface area contributed by atoms with Gasteiger partial charge in [0, 0.05) is 18.8 Å². The Morgan fingerprint density at radius 2 is 1.97 bits per heavy atom. The molecule has 1 atom stereocenters. The van der Waals surface area contributed by atoms with Gasteiger partial charge in [-0.25, -0.2) is 5.43 Å². The van der Waals surface area contributed by atoms with Crippen LogP contribution in [0.1, 0.15) is 30.9 Å². The number of aryl methyl sites for hydroxylation is 1. The van der Waals surface area contributed by atoms with Crippen molar-refractivity contribution in [2.24, 2.45) is 5.10 Å². The number of ether oxygens (including phenoxy) is 3. The minimum atomic E-state index is -0.873. The number of nitrogens with zero attached hydrogens (tertiary/aromatic N) is 1. The Morgan fingerprint density at radius 1 is 1.14 bits per heavy atom. The molecule has 1 heterocycles. The van der Waals surface area contributed by atoms with E-state index in [1.165, 1.54) is 13.3 Å². The molecule has 2 aromatic rings. The topological polar surface area (TPSA) is 127 Å². The summed E-state index contributed by atoms with van der Waals surface area (Å²) in [6.45, 7) is 2.78. The maximum atomic E-state index is 12.3. The summed E-state index contributed by atoms with van der Waals surface area (Å²) < 4.78 is 16.4. The van der Waals surface area contributed by atoms with Crippen molar-refractivity contribution >= 4 is 29.6 Å². The number of anilines is 1. The number of rotatable bonds is 10. The fourth-order valence-electron chi connectivity index (χ4n) is 3.47. The van der Waals surface area contributed by atoms with E-state index in [0.29, 0.717) is 23.7 Å². The lowest BCUT2D eigenvalue weighted by Crippen LogP contribution is -2.41. The summed E-state index contributed by atoms with van der Waals surface area (Å²) in [5.74, 6) is -1.18. The highest BCUT2D eigenvalue weighted by atomic mass is 16.5. The van der Waals surface area contributed by atoms with Crippen molar-refractivity contribution in [3.8, 4) is 11.5 Å². The maximum absolute atomic E-state index is 12.3. The van der Waals surface area contributed by atoms with E-state index in [0.717, 1.165) is 30.5 Å². The third-order valence-electron chi connectivity index (χ3n) is 5.32. The van der Waals surface area contributed by atoms with Crippen LogP contribution in [0.25, 0.3) is 0 Å². The van der Waals surface area contributed by atoms with Gasteiger partial charge in [-0.2, -0.15) is 5.10 Å². The first-order chi connectivity index (χ1) is 17.0. The van der Waals surface area contributed by atoms with E-state index >= 15 is 0 Å². The average molecular weight is 483 g/mol. The number of methoxy groups -OCH3 is 1. The molecule has 3 amide bonds. The third-order valence-corrected chi connectivity index (χ3v) is 5.32. The van der Waals surface area contributed by atoms with Crippen LogP contribution < -0.4 is 25.5 Å². The summed E-state index contributed by atoms with van der Waals surface area (Å²) in [5.41, 5.74) is 4.57. The van der Waals surface area contributed by atoms with Gasteiger partial charge in [-0.15, -0.1) is 0 Å². The zero-order valence-electron chi connectivity index (χ0n) is 19.8. The van der Waals surface area contributed by atoms with E-state index in [2.05, 4.69) is 21.2 Å². The molecule has 1 aliphatic rings. The predicted molar refractivity (Wildman–Crippen MR) is 131 cm³/mol. The number of benzene rings is 2. The smallest absolute Gasteiger partial charge is 0.329 e. The first-order valence-corrected chi connectivity index (χ1v) is 11.4.